The van der Waals surface area contributed by atoms with Crippen LogP contribution in [0.2, 0.25) is 0 Å². The fourth-order valence-corrected chi connectivity index (χ4v) is 9.52. The van der Waals surface area contributed by atoms with Gasteiger partial charge in [0.2, 0.25) is 0 Å². The Kier molecular flexibility index (Phi) is 15.3. The van der Waals surface area contributed by atoms with E-state index < -0.39 is 29.3 Å². The number of amides is 2. The predicted molar refractivity (Wildman–Crippen MR) is 242 cm³/mol. The maximum Gasteiger partial charge on any atom is 0.416 e. The van der Waals surface area contributed by atoms with Crippen molar-refractivity contribution >= 4 is 35.7 Å². The predicted octanol–water partition coefficient (Wildman–Crippen LogP) is 11.2. The molecule has 2 aliphatic heterocycles. The van der Waals surface area contributed by atoms with Crippen molar-refractivity contribution in [2.45, 2.75) is 113 Å². The molecule has 65 heavy (non-hydrogen) atoms. The van der Waals surface area contributed by atoms with E-state index >= 15 is 0 Å². The van der Waals surface area contributed by atoms with Crippen molar-refractivity contribution < 1.29 is 45.4 Å². The SMILES string of the molecule is CSNC(=O)c1cc(C2CC2)c(OC2CCCN(Cc3cccc(C(F)(F)F)c3)C2)cc1F.O=C(NSC1CC1)c1cc(C2CC2)c(OC2CCCN(Cc3ccc(F)cc3)C2)cc1F. The topological polar surface area (TPSA) is 83.1 Å². The largest absolute Gasteiger partial charge is 0.489 e. The Morgan fingerprint density at radius 1 is 0.662 bits per heavy atom. The van der Waals surface area contributed by atoms with Gasteiger partial charge in [0.15, 0.2) is 0 Å². The Labute approximate surface area is 384 Å². The molecular weight excluding hydrogens is 887 g/mol. The molecule has 3 aliphatic carbocycles. The quantitative estimate of drug-likeness (QED) is 0.0901. The van der Waals surface area contributed by atoms with Crippen molar-refractivity contribution in [2.75, 3.05) is 32.4 Å². The molecule has 0 aromatic heterocycles. The zero-order chi connectivity index (χ0) is 45.7. The molecule has 9 rings (SSSR count). The highest BCUT2D eigenvalue weighted by Gasteiger charge is 2.34. The van der Waals surface area contributed by atoms with E-state index in [9.17, 15) is 35.9 Å². The Morgan fingerprint density at radius 2 is 1.18 bits per heavy atom. The Morgan fingerprint density at radius 3 is 1.68 bits per heavy atom. The third-order valence-electron chi connectivity index (χ3n) is 12.3. The van der Waals surface area contributed by atoms with Gasteiger partial charge in [0, 0.05) is 49.8 Å². The number of halogens is 6. The van der Waals surface area contributed by atoms with Gasteiger partial charge in [0.25, 0.3) is 11.8 Å². The van der Waals surface area contributed by atoms with E-state index in [-0.39, 0.29) is 41.0 Å². The third-order valence-corrected chi connectivity index (χ3v) is 13.7. The number of hydrogen-bond donors (Lipinski definition) is 2. The Balaban J connectivity index is 0.000000177. The van der Waals surface area contributed by atoms with E-state index in [4.69, 9.17) is 9.47 Å². The lowest BCUT2D eigenvalue weighted by atomic mass is 10.0. The van der Waals surface area contributed by atoms with Crippen LogP contribution >= 0.6 is 23.9 Å². The van der Waals surface area contributed by atoms with E-state index in [2.05, 4.69) is 19.2 Å². The molecule has 0 spiro atoms. The fraction of sp³-hybridized carbons (Fsp3) is 0.469. The van der Waals surface area contributed by atoms with Crippen molar-refractivity contribution in [3.8, 4) is 11.5 Å². The number of rotatable bonds is 15. The standard InChI is InChI=1S/C25H28F2N2O2S.C24H26F4N2O2S/c26-18-7-3-16(4-8-18)14-29-11-1-2-19(15-29)31-24-13-23(27)22(12-21(24)17-5-6-17)25(30)28-32-20-9-10-20;1-33-29-23(31)20-11-19(16-7-8-16)22(12-21(20)25)32-18-6-3-9-30(14-18)13-15-4-2-5-17(10-15)24(26,27)28/h3-4,7-8,12-13,17,19-20H,1-2,5-6,9-11,14-15H2,(H,28,30);2,4-5,10-12,16,18H,3,6-9,13-14H2,1H3,(H,29,31). The summed E-state index contributed by atoms with van der Waals surface area (Å²) in [5, 5.41) is 0.469. The van der Waals surface area contributed by atoms with Gasteiger partial charge in [0.1, 0.15) is 41.2 Å². The molecule has 2 atom stereocenters. The number of nitrogens with zero attached hydrogens (tertiary/aromatic N) is 2. The summed E-state index contributed by atoms with van der Waals surface area (Å²) >= 11 is 2.51. The first-order valence-corrected chi connectivity index (χ1v) is 24.5. The van der Waals surface area contributed by atoms with Crippen molar-refractivity contribution in [2.24, 2.45) is 0 Å². The highest BCUT2D eigenvalue weighted by molar-refractivity contribution is 7.98. The molecule has 16 heteroatoms. The smallest absolute Gasteiger partial charge is 0.416 e. The van der Waals surface area contributed by atoms with Gasteiger partial charge in [-0.05, 0) is 154 Å². The lowest BCUT2D eigenvalue weighted by Crippen LogP contribution is -2.40. The normalized spacial score (nSPS) is 20.4. The first kappa shape index (κ1) is 47.1. The molecule has 5 aliphatic rings. The van der Waals surface area contributed by atoms with Crippen molar-refractivity contribution in [3.05, 3.63) is 129 Å². The summed E-state index contributed by atoms with van der Waals surface area (Å²) in [6.45, 7) is 4.12. The average molecular weight is 941 g/mol. The Hall–Kier alpha value is -4.38. The summed E-state index contributed by atoms with van der Waals surface area (Å²) in [5.74, 6) is -0.597. The molecule has 0 bridgehead atoms. The molecule has 4 aromatic carbocycles. The van der Waals surface area contributed by atoms with Crippen molar-refractivity contribution in [3.63, 3.8) is 0 Å². The molecular formula is C49H54F6N4O4S2. The maximum atomic E-state index is 14.9. The molecule has 2 saturated heterocycles. The summed E-state index contributed by atoms with van der Waals surface area (Å²) < 4.78 is 99.7. The number of nitrogens with one attached hydrogen (secondary N) is 2. The summed E-state index contributed by atoms with van der Waals surface area (Å²) in [5.41, 5.74) is 2.92. The fourth-order valence-electron chi connectivity index (χ4n) is 8.46. The molecule has 4 aromatic rings. The zero-order valence-corrected chi connectivity index (χ0v) is 37.9. The highest BCUT2D eigenvalue weighted by Crippen LogP contribution is 2.47. The van der Waals surface area contributed by atoms with Crippen LogP contribution in [0.4, 0.5) is 26.3 Å². The molecule has 2 heterocycles. The minimum absolute atomic E-state index is 0.00779. The van der Waals surface area contributed by atoms with Crippen LogP contribution in [0.25, 0.3) is 0 Å². The van der Waals surface area contributed by atoms with Gasteiger partial charge >= 0.3 is 6.18 Å². The van der Waals surface area contributed by atoms with E-state index in [1.54, 1.807) is 24.5 Å². The van der Waals surface area contributed by atoms with Crippen molar-refractivity contribution in [1.82, 2.24) is 19.2 Å². The number of carbonyl (C=O) groups is 2. The maximum absolute atomic E-state index is 14.9. The van der Waals surface area contributed by atoms with Crippen LogP contribution < -0.4 is 18.9 Å². The van der Waals surface area contributed by atoms with E-state index in [1.807, 2.05) is 12.1 Å². The summed E-state index contributed by atoms with van der Waals surface area (Å²) in [4.78, 5) is 29.0. The monoisotopic (exact) mass is 940 g/mol. The van der Waals surface area contributed by atoms with Crippen LogP contribution in [-0.2, 0) is 19.3 Å². The summed E-state index contributed by atoms with van der Waals surface area (Å²) in [6, 6.07) is 18.0. The molecule has 2 N–H and O–H groups in total. The lowest BCUT2D eigenvalue weighted by Gasteiger charge is -2.33. The molecule has 5 fully saturated rings. The van der Waals surface area contributed by atoms with Crippen LogP contribution in [0.1, 0.15) is 125 Å². The number of likely N-dealkylation sites (tertiary alicyclic amines) is 2. The molecule has 348 valence electrons. The van der Waals surface area contributed by atoms with Crippen LogP contribution in [0.5, 0.6) is 11.5 Å². The average Bonchev–Trinajstić information content (AvgIpc) is 4.10. The minimum Gasteiger partial charge on any atom is -0.489 e. The van der Waals surface area contributed by atoms with Gasteiger partial charge in [-0.3, -0.25) is 28.8 Å². The van der Waals surface area contributed by atoms with Gasteiger partial charge in [-0.25, -0.2) is 13.2 Å². The second-order valence-electron chi connectivity index (χ2n) is 17.7. The number of ether oxygens (including phenoxy) is 2. The van der Waals surface area contributed by atoms with Crippen molar-refractivity contribution in [1.29, 1.82) is 0 Å². The van der Waals surface area contributed by atoms with Crippen LogP contribution in [-0.4, -0.2) is 71.5 Å². The second-order valence-corrected chi connectivity index (χ2v) is 19.4. The van der Waals surface area contributed by atoms with Gasteiger partial charge in [-0.1, -0.05) is 42.3 Å². The Bertz CT molecular complexity index is 2310. The zero-order valence-electron chi connectivity index (χ0n) is 36.2. The number of benzene rings is 4. The number of alkyl halides is 3. The molecule has 3 saturated carbocycles. The molecule has 8 nitrogen and oxygen atoms in total. The molecule has 0 radical (unpaired) electrons. The first-order chi connectivity index (χ1) is 31.3. The van der Waals surface area contributed by atoms with Crippen LogP contribution in [0, 0.1) is 17.5 Å². The summed E-state index contributed by atoms with van der Waals surface area (Å²) in [6.07, 6.45) is 6.84. The van der Waals surface area contributed by atoms with Gasteiger partial charge in [-0.2, -0.15) is 13.2 Å². The number of carbonyl (C=O) groups excluding carboxylic acids is 2. The van der Waals surface area contributed by atoms with Gasteiger partial charge < -0.3 is 9.47 Å². The van der Waals surface area contributed by atoms with E-state index in [1.165, 1.54) is 48.3 Å². The number of hydrogen-bond acceptors (Lipinski definition) is 8. The number of piperidine rings is 2. The highest BCUT2D eigenvalue weighted by atomic mass is 32.2. The lowest BCUT2D eigenvalue weighted by molar-refractivity contribution is -0.137. The van der Waals surface area contributed by atoms with E-state index in [0.29, 0.717) is 41.3 Å². The van der Waals surface area contributed by atoms with Gasteiger partial charge in [-0.15, -0.1) is 0 Å². The second kappa shape index (κ2) is 21.1. The van der Waals surface area contributed by atoms with Crippen LogP contribution in [0.15, 0.2) is 72.8 Å². The van der Waals surface area contributed by atoms with Gasteiger partial charge in [0.05, 0.1) is 16.7 Å². The van der Waals surface area contributed by atoms with E-state index in [0.717, 1.165) is 125 Å². The third kappa shape index (κ3) is 13.2. The minimum atomic E-state index is -4.37. The summed E-state index contributed by atoms with van der Waals surface area (Å²) in [7, 11) is 0. The molecule has 2 unspecified atom stereocenters. The molecule has 2 amide bonds. The van der Waals surface area contributed by atoms with Crippen LogP contribution in [0.3, 0.4) is 0 Å². The first-order valence-electron chi connectivity index (χ1n) is 22.4.